The summed E-state index contributed by atoms with van der Waals surface area (Å²) < 4.78 is 6.06. The third kappa shape index (κ3) is 4.93. The molecule has 1 heterocycles. The zero-order chi connectivity index (χ0) is 19.2. The normalized spacial score (nSPS) is 14.5. The third-order valence-electron chi connectivity index (χ3n) is 4.56. The zero-order valence-electron chi connectivity index (χ0n) is 14.9. The lowest BCUT2D eigenvalue weighted by Crippen LogP contribution is -2.19. The fraction of sp³-hybridized carbons (Fsp3) is 0.368. The second kappa shape index (κ2) is 8.48. The monoisotopic (exact) mass is 370 g/mol. The summed E-state index contributed by atoms with van der Waals surface area (Å²) in [5.41, 5.74) is 5.97. The Morgan fingerprint density at radius 2 is 2.07 bits per heavy atom. The van der Waals surface area contributed by atoms with Crippen molar-refractivity contribution in [1.82, 2.24) is 4.98 Å². The van der Waals surface area contributed by atoms with E-state index >= 15 is 0 Å². The lowest BCUT2D eigenvalue weighted by molar-refractivity contribution is -0.385. The molecule has 2 aromatic rings. The van der Waals surface area contributed by atoms with Crippen molar-refractivity contribution in [2.45, 2.75) is 44.8 Å². The molecule has 1 aliphatic carbocycles. The van der Waals surface area contributed by atoms with E-state index in [1.807, 2.05) is 24.3 Å². The summed E-state index contributed by atoms with van der Waals surface area (Å²) in [4.78, 5) is 25.8. The SMILES string of the molecule is NC(=O)c1cc([N+](=O)[O-])cnc1NCc1cccc(OC2CCCCC2)c1. The molecule has 0 spiro atoms. The second-order valence-electron chi connectivity index (χ2n) is 6.59. The summed E-state index contributed by atoms with van der Waals surface area (Å²) in [5, 5.41) is 13.9. The first-order valence-corrected chi connectivity index (χ1v) is 8.96. The van der Waals surface area contributed by atoms with Crippen LogP contribution in [0.2, 0.25) is 0 Å². The van der Waals surface area contributed by atoms with E-state index in [1.165, 1.54) is 19.3 Å². The van der Waals surface area contributed by atoms with Gasteiger partial charge in [-0.1, -0.05) is 18.6 Å². The van der Waals surface area contributed by atoms with Crippen molar-refractivity contribution in [2.75, 3.05) is 5.32 Å². The van der Waals surface area contributed by atoms with Crippen molar-refractivity contribution in [2.24, 2.45) is 5.73 Å². The standard InChI is InChI=1S/C19H22N4O4/c20-18(24)17-10-14(23(25)26)12-22-19(17)21-11-13-5-4-8-16(9-13)27-15-6-2-1-3-7-15/h4-5,8-10,12,15H,1-3,6-7,11H2,(H2,20,24)(H,21,22). The molecule has 0 radical (unpaired) electrons. The first-order chi connectivity index (χ1) is 13.0. The molecule has 0 bridgehead atoms. The number of aromatic nitrogens is 1. The van der Waals surface area contributed by atoms with Crippen LogP contribution >= 0.6 is 0 Å². The summed E-state index contributed by atoms with van der Waals surface area (Å²) >= 11 is 0. The van der Waals surface area contributed by atoms with Gasteiger partial charge in [-0.3, -0.25) is 14.9 Å². The number of nitrogens with zero attached hydrogens (tertiary/aromatic N) is 2. The first kappa shape index (κ1) is 18.6. The molecule has 1 aromatic carbocycles. The minimum atomic E-state index is -0.775. The molecule has 0 saturated heterocycles. The quantitative estimate of drug-likeness (QED) is 0.569. The van der Waals surface area contributed by atoms with E-state index in [0.717, 1.165) is 36.4 Å². The van der Waals surface area contributed by atoms with Gasteiger partial charge in [-0.25, -0.2) is 4.98 Å². The number of anilines is 1. The first-order valence-electron chi connectivity index (χ1n) is 8.96. The molecule has 8 heteroatoms. The summed E-state index contributed by atoms with van der Waals surface area (Å²) in [6, 6.07) is 8.83. The van der Waals surface area contributed by atoms with E-state index in [2.05, 4.69) is 10.3 Å². The van der Waals surface area contributed by atoms with Crippen LogP contribution in [0.25, 0.3) is 0 Å². The molecule has 0 aliphatic heterocycles. The Bertz CT molecular complexity index is 834. The molecular formula is C19H22N4O4. The summed E-state index contributed by atoms with van der Waals surface area (Å²) in [6.07, 6.45) is 7.20. The summed E-state index contributed by atoms with van der Waals surface area (Å²) in [5.74, 6) is 0.253. The van der Waals surface area contributed by atoms with Crippen LogP contribution in [0.4, 0.5) is 11.5 Å². The number of nitrogens with one attached hydrogen (secondary N) is 1. The van der Waals surface area contributed by atoms with Crippen molar-refractivity contribution >= 4 is 17.4 Å². The highest BCUT2D eigenvalue weighted by Gasteiger charge is 2.17. The van der Waals surface area contributed by atoms with Gasteiger partial charge in [-0.2, -0.15) is 0 Å². The predicted octanol–water partition coefficient (Wildman–Crippen LogP) is 3.41. The van der Waals surface area contributed by atoms with Crippen molar-refractivity contribution in [3.8, 4) is 5.75 Å². The number of nitrogens with two attached hydrogens (primary N) is 1. The number of carbonyl (C=O) groups is 1. The van der Waals surface area contributed by atoms with Crippen LogP contribution in [0, 0.1) is 10.1 Å². The smallest absolute Gasteiger partial charge is 0.288 e. The van der Waals surface area contributed by atoms with E-state index < -0.39 is 10.8 Å². The maximum Gasteiger partial charge on any atom is 0.288 e. The van der Waals surface area contributed by atoms with E-state index in [-0.39, 0.29) is 23.2 Å². The van der Waals surface area contributed by atoms with Crippen LogP contribution in [-0.2, 0) is 6.54 Å². The number of pyridine rings is 1. The van der Waals surface area contributed by atoms with Crippen LogP contribution in [0.1, 0.15) is 48.0 Å². The average Bonchev–Trinajstić information content (AvgIpc) is 2.67. The average molecular weight is 370 g/mol. The van der Waals surface area contributed by atoms with E-state index in [4.69, 9.17) is 10.5 Å². The lowest BCUT2D eigenvalue weighted by Gasteiger charge is -2.23. The molecule has 1 fully saturated rings. The third-order valence-corrected chi connectivity index (χ3v) is 4.56. The Morgan fingerprint density at radius 1 is 1.30 bits per heavy atom. The fourth-order valence-corrected chi connectivity index (χ4v) is 3.17. The second-order valence-corrected chi connectivity index (χ2v) is 6.59. The number of carbonyl (C=O) groups excluding carboxylic acids is 1. The van der Waals surface area contributed by atoms with Gasteiger partial charge in [0.15, 0.2) is 0 Å². The van der Waals surface area contributed by atoms with Gasteiger partial charge in [0.25, 0.3) is 11.6 Å². The molecule has 142 valence electrons. The van der Waals surface area contributed by atoms with E-state index in [0.29, 0.717) is 6.54 Å². The van der Waals surface area contributed by atoms with Crippen LogP contribution in [0.15, 0.2) is 36.5 Å². The Labute approximate surface area is 156 Å². The van der Waals surface area contributed by atoms with Gasteiger partial charge in [-0.15, -0.1) is 0 Å². The Balaban J connectivity index is 1.68. The number of amides is 1. The lowest BCUT2D eigenvalue weighted by atomic mass is 9.98. The van der Waals surface area contributed by atoms with Gasteiger partial charge < -0.3 is 15.8 Å². The van der Waals surface area contributed by atoms with Crippen LogP contribution in [-0.4, -0.2) is 21.9 Å². The Hall–Kier alpha value is -3.16. The van der Waals surface area contributed by atoms with Crippen LogP contribution in [0.3, 0.4) is 0 Å². The van der Waals surface area contributed by atoms with Gasteiger partial charge in [0, 0.05) is 12.6 Å². The van der Waals surface area contributed by atoms with Gasteiger partial charge in [0.1, 0.15) is 17.8 Å². The van der Waals surface area contributed by atoms with Crippen LogP contribution in [0.5, 0.6) is 5.75 Å². The van der Waals surface area contributed by atoms with Gasteiger partial charge in [-0.05, 0) is 43.4 Å². The molecule has 8 nitrogen and oxygen atoms in total. The van der Waals surface area contributed by atoms with Gasteiger partial charge in [0.2, 0.25) is 0 Å². The molecule has 1 aliphatic rings. The molecule has 1 amide bonds. The minimum Gasteiger partial charge on any atom is -0.490 e. The number of nitro groups is 1. The summed E-state index contributed by atoms with van der Waals surface area (Å²) in [7, 11) is 0. The highest BCUT2D eigenvalue weighted by atomic mass is 16.6. The molecule has 0 unspecified atom stereocenters. The number of hydrogen-bond acceptors (Lipinski definition) is 6. The zero-order valence-corrected chi connectivity index (χ0v) is 14.9. The van der Waals surface area contributed by atoms with E-state index in [9.17, 15) is 14.9 Å². The maximum absolute atomic E-state index is 11.6. The Kier molecular flexibility index (Phi) is 5.85. The van der Waals surface area contributed by atoms with Crippen molar-refractivity contribution < 1.29 is 14.5 Å². The highest BCUT2D eigenvalue weighted by molar-refractivity contribution is 5.98. The molecule has 1 aromatic heterocycles. The van der Waals surface area contributed by atoms with Gasteiger partial charge >= 0.3 is 0 Å². The summed E-state index contributed by atoms with van der Waals surface area (Å²) in [6.45, 7) is 0.382. The number of hydrogen-bond donors (Lipinski definition) is 2. The largest absolute Gasteiger partial charge is 0.490 e. The number of primary amides is 1. The van der Waals surface area contributed by atoms with Crippen molar-refractivity contribution in [1.29, 1.82) is 0 Å². The van der Waals surface area contributed by atoms with Crippen LogP contribution < -0.4 is 15.8 Å². The molecule has 0 atom stereocenters. The maximum atomic E-state index is 11.6. The molecule has 3 rings (SSSR count). The minimum absolute atomic E-state index is 0.0150. The number of rotatable bonds is 7. The number of ether oxygens (including phenoxy) is 1. The van der Waals surface area contributed by atoms with Gasteiger partial charge in [0.05, 0.1) is 16.6 Å². The van der Waals surface area contributed by atoms with E-state index in [1.54, 1.807) is 0 Å². The molecule has 27 heavy (non-hydrogen) atoms. The topological polar surface area (TPSA) is 120 Å². The van der Waals surface area contributed by atoms with Crippen molar-refractivity contribution in [3.63, 3.8) is 0 Å². The number of benzene rings is 1. The van der Waals surface area contributed by atoms with Crippen molar-refractivity contribution in [3.05, 3.63) is 57.8 Å². The molecular weight excluding hydrogens is 348 g/mol. The highest BCUT2D eigenvalue weighted by Crippen LogP contribution is 2.24. The molecule has 1 saturated carbocycles. The fourth-order valence-electron chi connectivity index (χ4n) is 3.17. The molecule has 3 N–H and O–H groups in total. The Morgan fingerprint density at radius 3 is 2.78 bits per heavy atom. The predicted molar refractivity (Wildman–Crippen MR) is 101 cm³/mol.